The smallest absolute Gasteiger partial charge is 0.317 e. The maximum absolute atomic E-state index is 12.6. The summed E-state index contributed by atoms with van der Waals surface area (Å²) >= 11 is 0. The van der Waals surface area contributed by atoms with E-state index in [0.29, 0.717) is 37.4 Å². The lowest BCUT2D eigenvalue weighted by molar-refractivity contribution is -0.143. The summed E-state index contributed by atoms with van der Waals surface area (Å²) in [5.74, 6) is 1.98. The van der Waals surface area contributed by atoms with Crippen LogP contribution in [0, 0.1) is 29.6 Å². The summed E-state index contributed by atoms with van der Waals surface area (Å²) in [4.78, 5) is 25.5. The van der Waals surface area contributed by atoms with E-state index in [1.54, 1.807) is 4.90 Å². The molecule has 0 aromatic heterocycles. The van der Waals surface area contributed by atoms with E-state index in [1.807, 2.05) is 0 Å². The molecule has 4 bridgehead atoms. The van der Waals surface area contributed by atoms with Gasteiger partial charge in [-0.1, -0.05) is 0 Å². The largest absolute Gasteiger partial charge is 0.481 e. The number of carbonyl (C=O) groups is 2. The van der Waals surface area contributed by atoms with Crippen molar-refractivity contribution in [1.29, 1.82) is 0 Å². The first-order valence-corrected chi connectivity index (χ1v) is 8.88. The van der Waals surface area contributed by atoms with Crippen LogP contribution in [0.5, 0.6) is 0 Å². The van der Waals surface area contributed by atoms with Gasteiger partial charge in [0.25, 0.3) is 0 Å². The standard InChI is InChI=1S/C17H26N2O3/c20-16(21)12-2-1-3-19(9-12)17(22)18-15-13-5-10-4-11(7-13)8-14(15)6-10/h10-15H,1-9H2,(H,18,22)(H,20,21). The topological polar surface area (TPSA) is 69.6 Å². The lowest BCUT2D eigenvalue weighted by atomic mass is 9.54. The second kappa shape index (κ2) is 5.43. The van der Waals surface area contributed by atoms with Gasteiger partial charge in [-0.25, -0.2) is 4.79 Å². The normalized spacial score (nSPS) is 43.2. The lowest BCUT2D eigenvalue weighted by Gasteiger charge is -2.54. The van der Waals surface area contributed by atoms with Crippen LogP contribution in [0.1, 0.15) is 44.9 Å². The molecular weight excluding hydrogens is 280 g/mol. The molecule has 1 unspecified atom stereocenters. The fraction of sp³-hybridized carbons (Fsp3) is 0.882. The summed E-state index contributed by atoms with van der Waals surface area (Å²) in [6, 6.07) is 0.314. The molecule has 5 fully saturated rings. The average Bonchev–Trinajstić information content (AvgIpc) is 2.50. The Kier molecular flexibility index (Phi) is 3.54. The van der Waals surface area contributed by atoms with E-state index in [4.69, 9.17) is 5.11 Å². The molecule has 2 amide bonds. The number of hydrogen-bond acceptors (Lipinski definition) is 2. The molecule has 0 radical (unpaired) electrons. The van der Waals surface area contributed by atoms with E-state index in [1.165, 1.54) is 32.1 Å². The maximum atomic E-state index is 12.6. The number of amides is 2. The van der Waals surface area contributed by atoms with Gasteiger partial charge in [0, 0.05) is 19.1 Å². The van der Waals surface area contributed by atoms with Crippen molar-refractivity contribution < 1.29 is 14.7 Å². The van der Waals surface area contributed by atoms with Gasteiger partial charge in [0.05, 0.1) is 5.92 Å². The number of carboxylic acid groups (broad SMARTS) is 1. The number of likely N-dealkylation sites (tertiary alicyclic amines) is 1. The number of aliphatic carboxylic acids is 1. The number of nitrogens with one attached hydrogen (secondary N) is 1. The van der Waals surface area contributed by atoms with Gasteiger partial charge in [-0.15, -0.1) is 0 Å². The van der Waals surface area contributed by atoms with E-state index in [9.17, 15) is 9.59 Å². The maximum Gasteiger partial charge on any atom is 0.317 e. The van der Waals surface area contributed by atoms with E-state index in [0.717, 1.165) is 18.3 Å². The number of hydrogen-bond donors (Lipinski definition) is 2. The van der Waals surface area contributed by atoms with Crippen molar-refractivity contribution in [1.82, 2.24) is 10.2 Å². The highest BCUT2D eigenvalue weighted by Gasteiger charge is 2.49. The molecular formula is C17H26N2O3. The predicted molar refractivity (Wildman–Crippen MR) is 81.3 cm³/mol. The van der Waals surface area contributed by atoms with Gasteiger partial charge in [0.1, 0.15) is 0 Å². The number of rotatable bonds is 2. The van der Waals surface area contributed by atoms with Crippen molar-refractivity contribution in [3.05, 3.63) is 0 Å². The van der Waals surface area contributed by atoms with Crippen LogP contribution in [0.3, 0.4) is 0 Å². The zero-order valence-corrected chi connectivity index (χ0v) is 13.0. The Bertz CT molecular complexity index is 451. The summed E-state index contributed by atoms with van der Waals surface area (Å²) in [5.41, 5.74) is 0. The highest BCUT2D eigenvalue weighted by atomic mass is 16.4. The Labute approximate surface area is 131 Å². The van der Waals surface area contributed by atoms with Gasteiger partial charge in [-0.05, 0) is 68.6 Å². The third-order valence-electron chi connectivity index (χ3n) is 6.57. The molecule has 1 aliphatic heterocycles. The SMILES string of the molecule is O=C(O)C1CCCN(C(=O)NC2C3CC4CC(C3)CC2C4)C1. The van der Waals surface area contributed by atoms with Crippen LogP contribution in [0.15, 0.2) is 0 Å². The molecule has 5 aliphatic rings. The molecule has 0 aromatic rings. The van der Waals surface area contributed by atoms with Gasteiger partial charge in [0.2, 0.25) is 0 Å². The molecule has 22 heavy (non-hydrogen) atoms. The molecule has 4 saturated carbocycles. The molecule has 4 aliphatic carbocycles. The van der Waals surface area contributed by atoms with E-state index in [2.05, 4.69) is 5.32 Å². The van der Waals surface area contributed by atoms with Crippen LogP contribution >= 0.6 is 0 Å². The fourth-order valence-corrected chi connectivity index (χ4v) is 5.76. The van der Waals surface area contributed by atoms with E-state index in [-0.39, 0.29) is 6.03 Å². The Balaban J connectivity index is 1.39. The second-order valence-corrected chi connectivity index (χ2v) is 8.03. The summed E-state index contributed by atoms with van der Waals surface area (Å²) in [7, 11) is 0. The van der Waals surface area contributed by atoms with Gasteiger partial charge < -0.3 is 15.3 Å². The quantitative estimate of drug-likeness (QED) is 0.822. The molecule has 2 N–H and O–H groups in total. The van der Waals surface area contributed by atoms with E-state index >= 15 is 0 Å². The number of piperidine rings is 1. The minimum absolute atomic E-state index is 0.0246. The minimum atomic E-state index is -0.771. The Morgan fingerprint density at radius 2 is 1.64 bits per heavy atom. The summed E-state index contributed by atoms with van der Waals surface area (Å²) in [6.45, 7) is 1.07. The summed E-state index contributed by atoms with van der Waals surface area (Å²) in [5, 5.41) is 12.5. The second-order valence-electron chi connectivity index (χ2n) is 8.03. The molecule has 5 rings (SSSR count). The number of nitrogens with zero attached hydrogens (tertiary/aromatic N) is 1. The zero-order valence-electron chi connectivity index (χ0n) is 13.0. The molecule has 1 heterocycles. The Morgan fingerprint density at radius 3 is 2.23 bits per heavy atom. The van der Waals surface area contributed by atoms with Gasteiger partial charge >= 0.3 is 12.0 Å². The molecule has 0 spiro atoms. The number of carbonyl (C=O) groups excluding carboxylic acids is 1. The van der Waals surface area contributed by atoms with Gasteiger partial charge in [-0.2, -0.15) is 0 Å². The first kappa shape index (κ1) is 14.3. The first-order valence-electron chi connectivity index (χ1n) is 8.88. The number of urea groups is 1. The monoisotopic (exact) mass is 306 g/mol. The van der Waals surface area contributed by atoms with Crippen LogP contribution in [-0.2, 0) is 4.79 Å². The summed E-state index contributed by atoms with van der Waals surface area (Å²) in [6.07, 6.45) is 8.06. The third-order valence-corrected chi connectivity index (χ3v) is 6.57. The van der Waals surface area contributed by atoms with Gasteiger partial charge in [-0.3, -0.25) is 4.79 Å². The van der Waals surface area contributed by atoms with Crippen molar-refractivity contribution in [3.8, 4) is 0 Å². The van der Waals surface area contributed by atoms with Crippen LogP contribution < -0.4 is 5.32 Å². The minimum Gasteiger partial charge on any atom is -0.481 e. The molecule has 5 heteroatoms. The highest BCUT2D eigenvalue weighted by Crippen LogP contribution is 2.53. The first-order chi connectivity index (χ1) is 10.6. The van der Waals surface area contributed by atoms with Crippen molar-refractivity contribution in [2.24, 2.45) is 29.6 Å². The van der Waals surface area contributed by atoms with Crippen LogP contribution in [0.2, 0.25) is 0 Å². The van der Waals surface area contributed by atoms with Gasteiger partial charge in [0.15, 0.2) is 0 Å². The number of carboxylic acids is 1. The Morgan fingerprint density at radius 1 is 1.00 bits per heavy atom. The van der Waals surface area contributed by atoms with Crippen LogP contribution in [-0.4, -0.2) is 41.1 Å². The summed E-state index contributed by atoms with van der Waals surface area (Å²) < 4.78 is 0. The van der Waals surface area contributed by atoms with Crippen molar-refractivity contribution >= 4 is 12.0 Å². The van der Waals surface area contributed by atoms with Crippen molar-refractivity contribution in [2.45, 2.75) is 51.0 Å². The molecule has 0 aromatic carbocycles. The van der Waals surface area contributed by atoms with E-state index < -0.39 is 11.9 Å². The lowest BCUT2D eigenvalue weighted by Crippen LogP contribution is -2.59. The molecule has 5 nitrogen and oxygen atoms in total. The predicted octanol–water partition coefficient (Wildman–Crippen LogP) is 2.32. The van der Waals surface area contributed by atoms with Crippen LogP contribution in [0.25, 0.3) is 0 Å². The molecule has 1 atom stereocenters. The molecule has 1 saturated heterocycles. The average molecular weight is 306 g/mol. The molecule has 122 valence electrons. The zero-order chi connectivity index (χ0) is 15.3. The Hall–Kier alpha value is -1.26. The van der Waals surface area contributed by atoms with Crippen molar-refractivity contribution in [2.75, 3.05) is 13.1 Å². The van der Waals surface area contributed by atoms with Crippen LogP contribution in [0.4, 0.5) is 4.79 Å². The fourth-order valence-electron chi connectivity index (χ4n) is 5.76. The highest BCUT2D eigenvalue weighted by molar-refractivity contribution is 5.77. The third kappa shape index (κ3) is 2.48. The van der Waals surface area contributed by atoms with Crippen molar-refractivity contribution in [3.63, 3.8) is 0 Å².